The Hall–Kier alpha value is -0.860. The molecule has 106 valence electrons. The molecule has 1 atom stereocenters. The Bertz CT molecular complexity index is 426. The molecule has 1 saturated heterocycles. The van der Waals surface area contributed by atoms with Crippen LogP contribution in [0.3, 0.4) is 0 Å². The summed E-state index contributed by atoms with van der Waals surface area (Å²) in [6.45, 7) is 13.4. The van der Waals surface area contributed by atoms with E-state index in [0.29, 0.717) is 11.6 Å². The van der Waals surface area contributed by atoms with Gasteiger partial charge in [0.15, 0.2) is 0 Å². The first kappa shape index (κ1) is 14.5. The van der Waals surface area contributed by atoms with Gasteiger partial charge in [0.2, 0.25) is 0 Å². The maximum atomic E-state index is 3.69. The van der Waals surface area contributed by atoms with E-state index in [1.54, 1.807) is 0 Å². The average molecular weight is 260 g/mol. The zero-order valence-corrected chi connectivity index (χ0v) is 13.1. The first-order valence-corrected chi connectivity index (χ1v) is 7.42. The van der Waals surface area contributed by atoms with Crippen LogP contribution in [0.1, 0.15) is 42.5 Å². The van der Waals surface area contributed by atoms with Gasteiger partial charge in [-0.25, -0.2) is 0 Å². The molecule has 0 amide bonds. The second kappa shape index (κ2) is 5.64. The third-order valence-corrected chi connectivity index (χ3v) is 4.23. The Morgan fingerprint density at radius 3 is 2.37 bits per heavy atom. The SMILES string of the molecule is Cc1cc(C)c(CCNC2CNC(C)(C)C2)c(C)c1. The quantitative estimate of drug-likeness (QED) is 0.870. The zero-order valence-electron chi connectivity index (χ0n) is 13.1. The molecule has 0 aromatic heterocycles. The fraction of sp³-hybridized carbons (Fsp3) is 0.647. The Labute approximate surface area is 118 Å². The average Bonchev–Trinajstić information content (AvgIpc) is 2.62. The van der Waals surface area contributed by atoms with Gasteiger partial charge in [0.05, 0.1) is 0 Å². The summed E-state index contributed by atoms with van der Waals surface area (Å²) in [4.78, 5) is 0. The maximum absolute atomic E-state index is 3.69. The van der Waals surface area contributed by atoms with Crippen LogP contribution in [0, 0.1) is 20.8 Å². The number of aryl methyl sites for hydroxylation is 3. The summed E-state index contributed by atoms with van der Waals surface area (Å²) in [5, 5.41) is 7.25. The lowest BCUT2D eigenvalue weighted by Crippen LogP contribution is -2.32. The number of benzene rings is 1. The summed E-state index contributed by atoms with van der Waals surface area (Å²) in [5.41, 5.74) is 6.05. The molecule has 2 nitrogen and oxygen atoms in total. The summed E-state index contributed by atoms with van der Waals surface area (Å²) in [6.07, 6.45) is 2.35. The maximum Gasteiger partial charge on any atom is 0.0210 e. The van der Waals surface area contributed by atoms with E-state index in [9.17, 15) is 0 Å². The molecular formula is C17H28N2. The minimum Gasteiger partial charge on any atom is -0.312 e. The molecule has 1 aliphatic heterocycles. The topological polar surface area (TPSA) is 24.1 Å². The molecule has 0 aliphatic carbocycles. The largest absolute Gasteiger partial charge is 0.312 e. The Morgan fingerprint density at radius 2 is 1.84 bits per heavy atom. The molecule has 1 aliphatic rings. The highest BCUT2D eigenvalue weighted by Crippen LogP contribution is 2.19. The van der Waals surface area contributed by atoms with Crippen molar-refractivity contribution in [1.82, 2.24) is 10.6 Å². The minimum atomic E-state index is 0.299. The molecule has 0 saturated carbocycles. The van der Waals surface area contributed by atoms with E-state index in [1.165, 1.54) is 28.7 Å². The van der Waals surface area contributed by atoms with Crippen LogP contribution in [0.4, 0.5) is 0 Å². The van der Waals surface area contributed by atoms with Gasteiger partial charge in [-0.15, -0.1) is 0 Å². The van der Waals surface area contributed by atoms with E-state index < -0.39 is 0 Å². The summed E-state index contributed by atoms with van der Waals surface area (Å²) >= 11 is 0. The number of rotatable bonds is 4. The van der Waals surface area contributed by atoms with Crippen molar-refractivity contribution in [2.24, 2.45) is 0 Å². The Kier molecular flexibility index (Phi) is 4.32. The van der Waals surface area contributed by atoms with Gasteiger partial charge in [0, 0.05) is 18.1 Å². The van der Waals surface area contributed by atoms with Gasteiger partial charge in [-0.1, -0.05) is 17.7 Å². The molecule has 1 aromatic carbocycles. The smallest absolute Gasteiger partial charge is 0.0210 e. The monoisotopic (exact) mass is 260 g/mol. The summed E-state index contributed by atoms with van der Waals surface area (Å²) < 4.78 is 0. The lowest BCUT2D eigenvalue weighted by molar-refractivity contribution is 0.443. The Morgan fingerprint density at radius 1 is 1.21 bits per heavy atom. The lowest BCUT2D eigenvalue weighted by atomic mass is 9.97. The molecule has 2 rings (SSSR count). The lowest BCUT2D eigenvalue weighted by Gasteiger charge is -2.18. The van der Waals surface area contributed by atoms with Crippen LogP contribution in [0.5, 0.6) is 0 Å². The first-order valence-electron chi connectivity index (χ1n) is 7.42. The van der Waals surface area contributed by atoms with Crippen LogP contribution >= 0.6 is 0 Å². The van der Waals surface area contributed by atoms with E-state index in [2.05, 4.69) is 57.4 Å². The van der Waals surface area contributed by atoms with Crippen molar-refractivity contribution in [3.63, 3.8) is 0 Å². The standard InChI is InChI=1S/C17H28N2/c1-12-8-13(2)16(14(3)9-12)6-7-18-15-10-17(4,5)19-11-15/h8-9,15,18-19H,6-7,10-11H2,1-5H3. The molecule has 19 heavy (non-hydrogen) atoms. The highest BCUT2D eigenvalue weighted by Gasteiger charge is 2.29. The molecule has 1 heterocycles. The van der Waals surface area contributed by atoms with Crippen LogP contribution in [-0.4, -0.2) is 24.7 Å². The van der Waals surface area contributed by atoms with Gasteiger partial charge >= 0.3 is 0 Å². The van der Waals surface area contributed by atoms with Gasteiger partial charge in [0.1, 0.15) is 0 Å². The molecule has 0 spiro atoms. The van der Waals surface area contributed by atoms with Crippen molar-refractivity contribution in [2.45, 2.75) is 59.0 Å². The van der Waals surface area contributed by atoms with E-state index in [-0.39, 0.29) is 0 Å². The van der Waals surface area contributed by atoms with Crippen molar-refractivity contribution < 1.29 is 0 Å². The van der Waals surface area contributed by atoms with Crippen LogP contribution in [0.25, 0.3) is 0 Å². The number of nitrogens with one attached hydrogen (secondary N) is 2. The summed E-state index contributed by atoms with van der Waals surface area (Å²) in [5.74, 6) is 0. The van der Waals surface area contributed by atoms with Gasteiger partial charge in [-0.3, -0.25) is 0 Å². The van der Waals surface area contributed by atoms with Crippen LogP contribution in [0.2, 0.25) is 0 Å². The molecule has 2 N–H and O–H groups in total. The number of hydrogen-bond donors (Lipinski definition) is 2. The molecule has 2 heteroatoms. The van der Waals surface area contributed by atoms with E-state index in [0.717, 1.165) is 19.5 Å². The molecule has 0 radical (unpaired) electrons. The second-order valence-electron chi connectivity index (χ2n) is 6.75. The summed E-state index contributed by atoms with van der Waals surface area (Å²) in [7, 11) is 0. The van der Waals surface area contributed by atoms with Crippen LogP contribution < -0.4 is 10.6 Å². The van der Waals surface area contributed by atoms with Crippen LogP contribution in [-0.2, 0) is 6.42 Å². The van der Waals surface area contributed by atoms with Gasteiger partial charge in [-0.2, -0.15) is 0 Å². The molecule has 0 bridgehead atoms. The van der Waals surface area contributed by atoms with E-state index in [1.807, 2.05) is 0 Å². The normalized spacial score (nSPS) is 21.8. The van der Waals surface area contributed by atoms with Crippen molar-refractivity contribution in [1.29, 1.82) is 0 Å². The summed E-state index contributed by atoms with van der Waals surface area (Å²) in [6, 6.07) is 5.21. The van der Waals surface area contributed by atoms with Gasteiger partial charge < -0.3 is 10.6 Å². The van der Waals surface area contributed by atoms with Crippen molar-refractivity contribution in [3.8, 4) is 0 Å². The third-order valence-electron chi connectivity index (χ3n) is 4.23. The fourth-order valence-corrected chi connectivity index (χ4v) is 3.31. The highest BCUT2D eigenvalue weighted by molar-refractivity contribution is 5.37. The fourth-order valence-electron chi connectivity index (χ4n) is 3.31. The predicted molar refractivity (Wildman–Crippen MR) is 82.8 cm³/mol. The van der Waals surface area contributed by atoms with E-state index in [4.69, 9.17) is 0 Å². The predicted octanol–water partition coefficient (Wildman–Crippen LogP) is 2.88. The Balaban J connectivity index is 1.87. The molecular weight excluding hydrogens is 232 g/mol. The minimum absolute atomic E-state index is 0.299. The molecule has 1 aromatic rings. The highest BCUT2D eigenvalue weighted by atomic mass is 15.1. The van der Waals surface area contributed by atoms with E-state index >= 15 is 0 Å². The van der Waals surface area contributed by atoms with Crippen molar-refractivity contribution >= 4 is 0 Å². The molecule has 1 unspecified atom stereocenters. The van der Waals surface area contributed by atoms with Gasteiger partial charge in [-0.05, 0) is 70.7 Å². The first-order chi connectivity index (χ1) is 8.87. The zero-order chi connectivity index (χ0) is 14.0. The molecule has 1 fully saturated rings. The second-order valence-corrected chi connectivity index (χ2v) is 6.75. The third kappa shape index (κ3) is 3.80. The van der Waals surface area contributed by atoms with Crippen molar-refractivity contribution in [3.05, 3.63) is 34.4 Å². The van der Waals surface area contributed by atoms with Gasteiger partial charge in [0.25, 0.3) is 0 Å². The van der Waals surface area contributed by atoms with Crippen LogP contribution in [0.15, 0.2) is 12.1 Å². The number of hydrogen-bond acceptors (Lipinski definition) is 2. The van der Waals surface area contributed by atoms with Crippen molar-refractivity contribution in [2.75, 3.05) is 13.1 Å².